The molecule has 1 N–H and O–H groups in total. The Morgan fingerprint density at radius 1 is 0.818 bits per heavy atom. The molecule has 0 atom stereocenters. The van der Waals surface area contributed by atoms with Gasteiger partial charge in [-0.25, -0.2) is 8.78 Å². The zero-order valence-electron chi connectivity index (χ0n) is 17.5. The van der Waals surface area contributed by atoms with Gasteiger partial charge in [0.25, 0.3) is 5.91 Å². The van der Waals surface area contributed by atoms with Crippen molar-refractivity contribution in [3.63, 3.8) is 0 Å². The van der Waals surface area contributed by atoms with Crippen molar-refractivity contribution in [2.24, 2.45) is 0 Å². The minimum absolute atomic E-state index is 0.0842. The topological polar surface area (TPSA) is 62.6 Å². The van der Waals surface area contributed by atoms with Gasteiger partial charge < -0.3 is 14.6 Å². The fourth-order valence-electron chi connectivity index (χ4n) is 3.34. The number of anilines is 2. The molecule has 33 heavy (non-hydrogen) atoms. The van der Waals surface area contributed by atoms with Crippen LogP contribution >= 0.6 is 0 Å². The number of nitrogens with zero attached hydrogens (tertiary/aromatic N) is 1. The lowest BCUT2D eigenvalue weighted by Gasteiger charge is -2.22. The van der Waals surface area contributed by atoms with E-state index in [2.05, 4.69) is 5.32 Å². The maximum atomic E-state index is 13.3. The maximum absolute atomic E-state index is 13.3. The summed E-state index contributed by atoms with van der Waals surface area (Å²) in [4.78, 5) is 26.9. The largest absolute Gasteiger partial charge is 0.459 e. The Kier molecular flexibility index (Phi) is 6.59. The molecule has 1 heterocycles. The van der Waals surface area contributed by atoms with E-state index in [0.717, 1.165) is 11.1 Å². The molecule has 0 fully saturated rings. The molecule has 2 amide bonds. The molecule has 166 valence electrons. The van der Waals surface area contributed by atoms with Crippen LogP contribution in [0.3, 0.4) is 0 Å². The van der Waals surface area contributed by atoms with Crippen LogP contribution < -0.4 is 10.2 Å². The van der Waals surface area contributed by atoms with Gasteiger partial charge in [-0.15, -0.1) is 0 Å². The van der Waals surface area contributed by atoms with Crippen molar-refractivity contribution in [3.8, 4) is 0 Å². The number of nitrogens with one attached hydrogen (secondary N) is 1. The molecule has 0 unspecified atom stereocenters. The van der Waals surface area contributed by atoms with Crippen LogP contribution in [0.2, 0.25) is 0 Å². The Bertz CT molecular complexity index is 1240. The van der Waals surface area contributed by atoms with Gasteiger partial charge in [-0.1, -0.05) is 30.3 Å². The van der Waals surface area contributed by atoms with Crippen LogP contribution in [-0.2, 0) is 17.8 Å². The van der Waals surface area contributed by atoms with Gasteiger partial charge in [0.05, 0.1) is 19.2 Å². The molecule has 0 aliphatic carbocycles. The molecule has 0 saturated carbocycles. The molecule has 3 aromatic carbocycles. The fraction of sp³-hybridized carbons (Fsp3) is 0.0769. The molecule has 4 aromatic rings. The molecule has 5 nitrogen and oxygen atoms in total. The molecule has 1 aromatic heterocycles. The van der Waals surface area contributed by atoms with Gasteiger partial charge in [-0.2, -0.15) is 0 Å². The van der Waals surface area contributed by atoms with Crippen molar-refractivity contribution in [1.82, 2.24) is 0 Å². The van der Waals surface area contributed by atoms with Crippen LogP contribution in [0.5, 0.6) is 0 Å². The van der Waals surface area contributed by atoms with Gasteiger partial charge in [-0.05, 0) is 65.7 Å². The molecule has 0 radical (unpaired) electrons. The van der Waals surface area contributed by atoms with Crippen molar-refractivity contribution in [2.75, 3.05) is 10.2 Å². The van der Waals surface area contributed by atoms with Crippen LogP contribution in [0.1, 0.15) is 21.7 Å². The standard InChI is InChI=1S/C26H20F2N2O3/c27-20-10-6-19(7-11-20)17-30(26(32)24-5-2-14-33-24)23-12-8-18(9-13-23)15-25(31)29-22-4-1-3-21(28)16-22/h1-14,16H,15,17H2,(H,29,31). The number of carbonyl (C=O) groups excluding carboxylic acids is 2. The van der Waals surface area contributed by atoms with Crippen LogP contribution in [-0.4, -0.2) is 11.8 Å². The summed E-state index contributed by atoms with van der Waals surface area (Å²) in [5.74, 6) is -1.25. The highest BCUT2D eigenvalue weighted by Gasteiger charge is 2.21. The molecule has 0 saturated heterocycles. The van der Waals surface area contributed by atoms with E-state index >= 15 is 0 Å². The van der Waals surface area contributed by atoms with Gasteiger partial charge in [-0.3, -0.25) is 9.59 Å². The third kappa shape index (κ3) is 5.71. The Morgan fingerprint density at radius 3 is 2.21 bits per heavy atom. The van der Waals surface area contributed by atoms with Crippen molar-refractivity contribution < 1.29 is 22.8 Å². The first-order valence-corrected chi connectivity index (χ1v) is 10.2. The lowest BCUT2D eigenvalue weighted by Crippen LogP contribution is -2.30. The maximum Gasteiger partial charge on any atom is 0.294 e. The lowest BCUT2D eigenvalue weighted by molar-refractivity contribution is -0.115. The number of benzene rings is 3. The molecule has 0 aliphatic rings. The molecule has 4 rings (SSSR count). The van der Waals surface area contributed by atoms with Crippen LogP contribution in [0.4, 0.5) is 20.2 Å². The Balaban J connectivity index is 1.50. The number of amides is 2. The predicted octanol–water partition coefficient (Wildman–Crippen LogP) is 5.59. The highest BCUT2D eigenvalue weighted by Crippen LogP contribution is 2.22. The quantitative estimate of drug-likeness (QED) is 0.403. The third-order valence-corrected chi connectivity index (χ3v) is 4.95. The molecule has 7 heteroatoms. The number of carbonyl (C=O) groups is 2. The third-order valence-electron chi connectivity index (χ3n) is 4.95. The summed E-state index contributed by atoms with van der Waals surface area (Å²) in [6.07, 6.45) is 1.50. The minimum Gasteiger partial charge on any atom is -0.459 e. The monoisotopic (exact) mass is 446 g/mol. The normalized spacial score (nSPS) is 10.6. The summed E-state index contributed by atoms with van der Waals surface area (Å²) in [7, 11) is 0. The number of rotatable bonds is 7. The molecule has 0 aliphatic heterocycles. The molecular weight excluding hydrogens is 426 g/mol. The summed E-state index contributed by atoms with van der Waals surface area (Å²) in [6, 6.07) is 21.7. The van der Waals surface area contributed by atoms with E-state index in [-0.39, 0.29) is 36.4 Å². The van der Waals surface area contributed by atoms with Crippen LogP contribution in [0, 0.1) is 11.6 Å². The SMILES string of the molecule is O=C(Cc1ccc(N(Cc2ccc(F)cc2)C(=O)c2ccco2)cc1)Nc1cccc(F)c1. The molecule has 0 spiro atoms. The average Bonchev–Trinajstić information content (AvgIpc) is 3.34. The zero-order chi connectivity index (χ0) is 23.2. The van der Waals surface area contributed by atoms with E-state index in [1.54, 1.807) is 54.6 Å². The summed E-state index contributed by atoms with van der Waals surface area (Å²) in [6.45, 7) is 0.208. The first kappa shape index (κ1) is 22.0. The highest BCUT2D eigenvalue weighted by molar-refractivity contribution is 6.04. The van der Waals surface area contributed by atoms with E-state index < -0.39 is 5.82 Å². The summed E-state index contributed by atoms with van der Waals surface area (Å²) >= 11 is 0. The second-order valence-electron chi connectivity index (χ2n) is 7.40. The second kappa shape index (κ2) is 9.91. The van der Waals surface area contributed by atoms with Crippen molar-refractivity contribution in [3.05, 3.63) is 120 Å². The Morgan fingerprint density at radius 2 is 1.55 bits per heavy atom. The fourth-order valence-corrected chi connectivity index (χ4v) is 3.34. The van der Waals surface area contributed by atoms with E-state index in [9.17, 15) is 18.4 Å². The Hall–Kier alpha value is -4.26. The lowest BCUT2D eigenvalue weighted by atomic mass is 10.1. The first-order chi connectivity index (χ1) is 16.0. The van der Waals surface area contributed by atoms with Crippen LogP contribution in [0.15, 0.2) is 95.6 Å². The van der Waals surface area contributed by atoms with Crippen molar-refractivity contribution in [2.45, 2.75) is 13.0 Å². The van der Waals surface area contributed by atoms with E-state index in [1.165, 1.54) is 41.5 Å². The molecular formula is C26H20F2N2O3. The molecule has 0 bridgehead atoms. The van der Waals surface area contributed by atoms with E-state index in [0.29, 0.717) is 11.4 Å². The van der Waals surface area contributed by atoms with Gasteiger partial charge in [0.15, 0.2) is 5.76 Å². The number of hydrogen-bond acceptors (Lipinski definition) is 3. The zero-order valence-corrected chi connectivity index (χ0v) is 17.5. The Labute approximate surface area is 189 Å². The number of halogens is 2. The minimum atomic E-state index is -0.431. The number of hydrogen-bond donors (Lipinski definition) is 1. The second-order valence-corrected chi connectivity index (χ2v) is 7.40. The summed E-state index contributed by atoms with van der Waals surface area (Å²) in [5.41, 5.74) is 2.44. The summed E-state index contributed by atoms with van der Waals surface area (Å²) in [5, 5.41) is 2.66. The van der Waals surface area contributed by atoms with Gasteiger partial charge in [0, 0.05) is 11.4 Å². The number of furan rings is 1. The van der Waals surface area contributed by atoms with Gasteiger partial charge in [0.2, 0.25) is 5.91 Å². The summed E-state index contributed by atoms with van der Waals surface area (Å²) < 4.78 is 31.9. The smallest absolute Gasteiger partial charge is 0.294 e. The van der Waals surface area contributed by atoms with Gasteiger partial charge >= 0.3 is 0 Å². The van der Waals surface area contributed by atoms with Crippen LogP contribution in [0.25, 0.3) is 0 Å². The van der Waals surface area contributed by atoms with Crippen molar-refractivity contribution >= 4 is 23.2 Å². The van der Waals surface area contributed by atoms with Gasteiger partial charge in [0.1, 0.15) is 11.6 Å². The predicted molar refractivity (Wildman–Crippen MR) is 121 cm³/mol. The van der Waals surface area contributed by atoms with Crippen molar-refractivity contribution in [1.29, 1.82) is 0 Å². The van der Waals surface area contributed by atoms with E-state index in [4.69, 9.17) is 4.42 Å². The highest BCUT2D eigenvalue weighted by atomic mass is 19.1. The average molecular weight is 446 g/mol. The first-order valence-electron chi connectivity index (χ1n) is 10.2. The van der Waals surface area contributed by atoms with E-state index in [1.807, 2.05) is 0 Å².